The lowest BCUT2D eigenvalue weighted by molar-refractivity contribution is 0.0600. The van der Waals surface area contributed by atoms with Gasteiger partial charge in [-0.3, -0.25) is 4.79 Å². The highest BCUT2D eigenvalue weighted by molar-refractivity contribution is 7.17. The Morgan fingerprint density at radius 1 is 1.11 bits per heavy atom. The Balaban J connectivity index is 1.55. The van der Waals surface area contributed by atoms with Gasteiger partial charge in [-0.1, -0.05) is 75.7 Å². The lowest BCUT2D eigenvalue weighted by Gasteiger charge is -2.36. The number of nitrogens with zero attached hydrogens (tertiary/aromatic N) is 1. The number of methoxy groups -OCH3 is 1. The van der Waals surface area contributed by atoms with Gasteiger partial charge in [0.25, 0.3) is 5.91 Å². The van der Waals surface area contributed by atoms with Gasteiger partial charge in [0.2, 0.25) is 0 Å². The standard InChI is InChI=1S/C31H32N2O3S/c1-5-31(2,3)20-15-16-22-26(17-20)37-29(27(22)30(35)36-4)33-28(34)23-18-25(19-11-7-6-8-12-19)32-24-14-10-9-13-21(23)24/h6-14,18,20H,5,15-17H2,1-4H3,(H,33,34)/t20-/m0/s1. The summed E-state index contributed by atoms with van der Waals surface area (Å²) in [5.41, 5.74) is 4.70. The normalized spacial score (nSPS) is 15.3. The number of anilines is 1. The molecular formula is C31H32N2O3S. The maximum Gasteiger partial charge on any atom is 0.341 e. The number of thiophene rings is 1. The Kier molecular flexibility index (Phi) is 6.86. The van der Waals surface area contributed by atoms with E-state index in [1.54, 1.807) is 0 Å². The number of carbonyl (C=O) groups is 2. The zero-order valence-electron chi connectivity index (χ0n) is 21.8. The highest BCUT2D eigenvalue weighted by Gasteiger charge is 2.35. The molecule has 0 unspecified atom stereocenters. The molecule has 6 heteroatoms. The molecule has 0 fully saturated rings. The van der Waals surface area contributed by atoms with Crippen molar-refractivity contribution in [2.75, 3.05) is 12.4 Å². The fraction of sp³-hybridized carbons (Fsp3) is 0.323. The molecule has 1 amide bonds. The number of esters is 1. The first-order valence-corrected chi connectivity index (χ1v) is 13.6. The third-order valence-corrected chi connectivity index (χ3v) is 9.10. The van der Waals surface area contributed by atoms with E-state index in [-0.39, 0.29) is 11.3 Å². The van der Waals surface area contributed by atoms with E-state index < -0.39 is 5.97 Å². The Hall–Kier alpha value is -3.51. The van der Waals surface area contributed by atoms with Crippen LogP contribution in [-0.2, 0) is 17.6 Å². The van der Waals surface area contributed by atoms with Gasteiger partial charge in [0.1, 0.15) is 5.00 Å². The van der Waals surface area contributed by atoms with Crippen molar-refractivity contribution in [1.82, 2.24) is 4.98 Å². The van der Waals surface area contributed by atoms with E-state index in [0.29, 0.717) is 22.0 Å². The molecule has 2 aromatic heterocycles. The van der Waals surface area contributed by atoms with Gasteiger partial charge in [-0.05, 0) is 48.3 Å². The summed E-state index contributed by atoms with van der Waals surface area (Å²) in [6.07, 6.45) is 3.86. The molecule has 5 nitrogen and oxygen atoms in total. The summed E-state index contributed by atoms with van der Waals surface area (Å²) in [7, 11) is 1.40. The summed E-state index contributed by atoms with van der Waals surface area (Å²) in [6, 6.07) is 19.3. The maximum atomic E-state index is 13.8. The number of amides is 1. The first-order chi connectivity index (χ1) is 17.8. The maximum absolute atomic E-state index is 13.8. The first kappa shape index (κ1) is 25.2. The summed E-state index contributed by atoms with van der Waals surface area (Å²) >= 11 is 1.52. The lowest BCUT2D eigenvalue weighted by Crippen LogP contribution is -2.28. The molecule has 1 aliphatic rings. The summed E-state index contributed by atoms with van der Waals surface area (Å²) in [4.78, 5) is 32.6. The largest absolute Gasteiger partial charge is 0.465 e. The van der Waals surface area contributed by atoms with Crippen LogP contribution in [0.1, 0.15) is 64.8 Å². The van der Waals surface area contributed by atoms with Crippen LogP contribution in [0.25, 0.3) is 22.2 Å². The molecule has 190 valence electrons. The van der Waals surface area contributed by atoms with Gasteiger partial charge < -0.3 is 10.1 Å². The Labute approximate surface area is 221 Å². The van der Waals surface area contributed by atoms with Gasteiger partial charge in [0, 0.05) is 15.8 Å². The number of pyridine rings is 1. The molecule has 0 saturated heterocycles. The number of rotatable bonds is 6. The van der Waals surface area contributed by atoms with Gasteiger partial charge >= 0.3 is 5.97 Å². The fourth-order valence-electron chi connectivity index (χ4n) is 5.24. The van der Waals surface area contributed by atoms with Gasteiger partial charge in [0.05, 0.1) is 29.4 Å². The molecule has 4 aromatic rings. The summed E-state index contributed by atoms with van der Waals surface area (Å²) in [5, 5.41) is 4.43. The quantitative estimate of drug-likeness (QED) is 0.271. The molecule has 37 heavy (non-hydrogen) atoms. The van der Waals surface area contributed by atoms with Crippen LogP contribution in [0, 0.1) is 11.3 Å². The zero-order chi connectivity index (χ0) is 26.2. The van der Waals surface area contributed by atoms with Crippen molar-refractivity contribution in [3.8, 4) is 11.3 Å². The number of benzene rings is 2. The molecule has 2 heterocycles. The number of hydrogen-bond acceptors (Lipinski definition) is 5. The van der Waals surface area contributed by atoms with Gasteiger partial charge in [0.15, 0.2) is 0 Å². The topological polar surface area (TPSA) is 68.3 Å². The minimum absolute atomic E-state index is 0.223. The molecule has 0 spiro atoms. The smallest absolute Gasteiger partial charge is 0.341 e. The second-order valence-corrected chi connectivity index (χ2v) is 11.5. The van der Waals surface area contributed by atoms with Crippen LogP contribution >= 0.6 is 11.3 Å². The molecule has 0 radical (unpaired) electrons. The lowest BCUT2D eigenvalue weighted by atomic mass is 9.69. The zero-order valence-corrected chi connectivity index (χ0v) is 22.6. The second-order valence-electron chi connectivity index (χ2n) is 10.4. The van der Waals surface area contributed by atoms with E-state index in [2.05, 4.69) is 26.1 Å². The van der Waals surface area contributed by atoms with Crippen LogP contribution < -0.4 is 5.32 Å². The second kappa shape index (κ2) is 10.1. The van der Waals surface area contributed by atoms with E-state index in [4.69, 9.17) is 9.72 Å². The average Bonchev–Trinajstić information content (AvgIpc) is 3.29. The van der Waals surface area contributed by atoms with E-state index in [1.165, 1.54) is 23.3 Å². The number of nitrogens with one attached hydrogen (secondary N) is 1. The van der Waals surface area contributed by atoms with E-state index in [1.807, 2.05) is 60.7 Å². The molecule has 0 bridgehead atoms. The SMILES string of the molecule is CCC(C)(C)[C@H]1CCc2c(sc(NC(=O)c3cc(-c4ccccc4)nc4ccccc34)c2C(=O)OC)C1. The van der Waals surface area contributed by atoms with Gasteiger partial charge in [-0.2, -0.15) is 0 Å². The number of para-hydroxylation sites is 1. The van der Waals surface area contributed by atoms with Crippen LogP contribution in [0.4, 0.5) is 5.00 Å². The summed E-state index contributed by atoms with van der Waals surface area (Å²) in [5.74, 6) is -0.120. The Morgan fingerprint density at radius 3 is 2.57 bits per heavy atom. The third-order valence-electron chi connectivity index (χ3n) is 7.93. The highest BCUT2D eigenvalue weighted by Crippen LogP contribution is 2.46. The molecule has 5 rings (SSSR count). The first-order valence-electron chi connectivity index (χ1n) is 12.8. The molecule has 0 aliphatic heterocycles. The fourth-order valence-corrected chi connectivity index (χ4v) is 6.55. The summed E-state index contributed by atoms with van der Waals surface area (Å²) in [6.45, 7) is 6.87. The van der Waals surface area contributed by atoms with E-state index in [9.17, 15) is 9.59 Å². The molecule has 2 aromatic carbocycles. The van der Waals surface area contributed by atoms with Crippen LogP contribution in [0.5, 0.6) is 0 Å². The van der Waals surface area contributed by atoms with Crippen LogP contribution in [0.3, 0.4) is 0 Å². The van der Waals surface area contributed by atoms with E-state index in [0.717, 1.165) is 53.4 Å². The number of ether oxygens (including phenoxy) is 1. The van der Waals surface area contributed by atoms with Crippen LogP contribution in [-0.4, -0.2) is 24.0 Å². The van der Waals surface area contributed by atoms with Crippen LogP contribution in [0.2, 0.25) is 0 Å². The Bertz CT molecular complexity index is 1470. The predicted molar refractivity (Wildman–Crippen MR) is 150 cm³/mol. The predicted octanol–water partition coefficient (Wildman–Crippen LogP) is 7.54. The average molecular weight is 513 g/mol. The Morgan fingerprint density at radius 2 is 1.84 bits per heavy atom. The van der Waals surface area contributed by atoms with Crippen molar-refractivity contribution in [3.63, 3.8) is 0 Å². The van der Waals surface area contributed by atoms with Gasteiger partial charge in [-0.25, -0.2) is 9.78 Å². The van der Waals surface area contributed by atoms with Crippen molar-refractivity contribution in [1.29, 1.82) is 0 Å². The minimum Gasteiger partial charge on any atom is -0.465 e. The number of fused-ring (bicyclic) bond motifs is 2. The monoisotopic (exact) mass is 512 g/mol. The van der Waals surface area contributed by atoms with Crippen LogP contribution in [0.15, 0.2) is 60.7 Å². The third kappa shape index (κ3) is 4.78. The molecule has 1 N–H and O–H groups in total. The highest BCUT2D eigenvalue weighted by atomic mass is 32.1. The van der Waals surface area contributed by atoms with Crippen molar-refractivity contribution in [3.05, 3.63) is 82.2 Å². The van der Waals surface area contributed by atoms with Gasteiger partial charge in [-0.15, -0.1) is 11.3 Å². The molecule has 0 saturated carbocycles. The van der Waals surface area contributed by atoms with Crippen molar-refractivity contribution >= 4 is 39.1 Å². The number of hydrogen-bond donors (Lipinski definition) is 1. The van der Waals surface area contributed by atoms with Crippen molar-refractivity contribution in [2.45, 2.75) is 46.5 Å². The molecular weight excluding hydrogens is 480 g/mol. The number of carbonyl (C=O) groups excluding carboxylic acids is 2. The minimum atomic E-state index is -0.398. The van der Waals surface area contributed by atoms with Crippen molar-refractivity contribution < 1.29 is 14.3 Å². The molecule has 1 aliphatic carbocycles. The number of aromatic nitrogens is 1. The summed E-state index contributed by atoms with van der Waals surface area (Å²) < 4.78 is 5.16. The van der Waals surface area contributed by atoms with Crippen molar-refractivity contribution in [2.24, 2.45) is 11.3 Å². The molecule has 1 atom stereocenters. The van der Waals surface area contributed by atoms with E-state index >= 15 is 0 Å².